The predicted molar refractivity (Wildman–Crippen MR) is 134 cm³/mol. The first-order valence-electron chi connectivity index (χ1n) is 9.91. The molecule has 0 aliphatic heterocycles. The number of halogens is 3. The van der Waals surface area contributed by atoms with E-state index in [-0.39, 0.29) is 5.56 Å². The molecule has 2 aromatic heterocycles. The van der Waals surface area contributed by atoms with Crippen molar-refractivity contribution in [2.45, 2.75) is 32.3 Å². The van der Waals surface area contributed by atoms with Gasteiger partial charge >= 0.3 is 0 Å². The standard InChI is InChI=1S/C23H17Br2ClN2O2S/c24-15-9-13(10-16(25)20(15)30-11-12-5-1-3-7-17(12)26)21-27-22(29)19-14-6-2-4-8-18(14)31-23(19)28-21/h1,3,5,7,9-10H,2,4,6,8,11H2,(H,27,28,29). The number of nitrogens with one attached hydrogen (secondary N) is 1. The molecule has 8 heteroatoms. The van der Waals surface area contributed by atoms with Crippen LogP contribution in [0.2, 0.25) is 5.02 Å². The molecule has 1 aliphatic carbocycles. The van der Waals surface area contributed by atoms with Crippen LogP contribution in [0.4, 0.5) is 0 Å². The molecule has 158 valence electrons. The maximum Gasteiger partial charge on any atom is 0.260 e. The van der Waals surface area contributed by atoms with Crippen LogP contribution in [0.3, 0.4) is 0 Å². The molecule has 0 bridgehead atoms. The molecule has 0 atom stereocenters. The fraction of sp³-hybridized carbons (Fsp3) is 0.217. The molecular weight excluding hydrogens is 564 g/mol. The lowest BCUT2D eigenvalue weighted by Gasteiger charge is -2.13. The molecule has 0 saturated carbocycles. The molecule has 2 heterocycles. The highest BCUT2D eigenvalue weighted by Crippen LogP contribution is 2.39. The minimum absolute atomic E-state index is 0.0642. The minimum atomic E-state index is -0.0642. The molecule has 0 saturated heterocycles. The Labute approximate surface area is 204 Å². The summed E-state index contributed by atoms with van der Waals surface area (Å²) in [6.07, 6.45) is 4.32. The van der Waals surface area contributed by atoms with Crippen LogP contribution in [0.5, 0.6) is 5.75 Å². The van der Waals surface area contributed by atoms with Crippen molar-refractivity contribution in [3.8, 4) is 17.1 Å². The van der Waals surface area contributed by atoms with Crippen LogP contribution in [-0.4, -0.2) is 9.97 Å². The first kappa shape index (κ1) is 21.2. The topological polar surface area (TPSA) is 55.0 Å². The number of hydrogen-bond acceptors (Lipinski definition) is 4. The quantitative estimate of drug-likeness (QED) is 0.276. The van der Waals surface area contributed by atoms with Crippen LogP contribution in [-0.2, 0) is 19.4 Å². The molecule has 0 radical (unpaired) electrons. The predicted octanol–water partition coefficient (Wildman–Crippen LogP) is 7.29. The number of hydrogen-bond donors (Lipinski definition) is 1. The average Bonchev–Trinajstić information content (AvgIpc) is 3.13. The summed E-state index contributed by atoms with van der Waals surface area (Å²) in [5.74, 6) is 1.22. The lowest BCUT2D eigenvalue weighted by atomic mass is 9.97. The number of H-pyrrole nitrogens is 1. The highest BCUT2D eigenvalue weighted by atomic mass is 79.9. The van der Waals surface area contributed by atoms with Gasteiger partial charge in [-0.25, -0.2) is 4.98 Å². The molecule has 31 heavy (non-hydrogen) atoms. The molecule has 2 aromatic carbocycles. The van der Waals surface area contributed by atoms with Crippen molar-refractivity contribution in [3.63, 3.8) is 0 Å². The number of aryl methyl sites for hydroxylation is 2. The van der Waals surface area contributed by atoms with Crippen molar-refractivity contribution in [2.24, 2.45) is 0 Å². The molecule has 0 fully saturated rings. The van der Waals surface area contributed by atoms with E-state index in [4.69, 9.17) is 21.3 Å². The van der Waals surface area contributed by atoms with Crippen LogP contribution >= 0.6 is 54.8 Å². The first-order valence-corrected chi connectivity index (χ1v) is 12.7. The van der Waals surface area contributed by atoms with Crippen molar-refractivity contribution in [1.29, 1.82) is 0 Å². The third-order valence-corrected chi connectivity index (χ3v) is 8.16. The third-order valence-electron chi connectivity index (χ3n) is 5.43. The second-order valence-electron chi connectivity index (χ2n) is 7.45. The number of aromatic amines is 1. The molecular formula is C23H17Br2ClN2O2S. The Morgan fingerprint density at radius 2 is 1.87 bits per heavy atom. The van der Waals surface area contributed by atoms with Gasteiger partial charge in [0.1, 0.15) is 23.0 Å². The summed E-state index contributed by atoms with van der Waals surface area (Å²) in [5.41, 5.74) is 2.84. The van der Waals surface area contributed by atoms with Crippen molar-refractivity contribution in [2.75, 3.05) is 0 Å². The number of fused-ring (bicyclic) bond motifs is 3. The van der Waals surface area contributed by atoms with Gasteiger partial charge < -0.3 is 9.72 Å². The van der Waals surface area contributed by atoms with Crippen molar-refractivity contribution in [1.82, 2.24) is 9.97 Å². The summed E-state index contributed by atoms with van der Waals surface area (Å²) in [4.78, 5) is 22.8. The number of benzene rings is 2. The molecule has 4 aromatic rings. The van der Waals surface area contributed by atoms with Gasteiger partial charge in [-0.2, -0.15) is 0 Å². The van der Waals surface area contributed by atoms with Gasteiger partial charge in [0.05, 0.1) is 14.3 Å². The largest absolute Gasteiger partial charge is 0.486 e. The Hall–Kier alpha value is -1.67. The van der Waals surface area contributed by atoms with Gasteiger partial charge in [-0.15, -0.1) is 11.3 Å². The summed E-state index contributed by atoms with van der Waals surface area (Å²) < 4.78 is 7.53. The summed E-state index contributed by atoms with van der Waals surface area (Å²) in [6, 6.07) is 11.4. The second kappa shape index (κ2) is 8.70. The van der Waals surface area contributed by atoms with E-state index in [1.807, 2.05) is 36.4 Å². The summed E-state index contributed by atoms with van der Waals surface area (Å²) in [7, 11) is 0. The van der Waals surface area contributed by atoms with E-state index in [9.17, 15) is 4.79 Å². The van der Waals surface area contributed by atoms with Crippen LogP contribution in [0.25, 0.3) is 21.6 Å². The Morgan fingerprint density at radius 3 is 2.65 bits per heavy atom. The third kappa shape index (κ3) is 4.09. The average molecular weight is 581 g/mol. The van der Waals surface area contributed by atoms with Crippen LogP contribution < -0.4 is 10.3 Å². The van der Waals surface area contributed by atoms with E-state index in [0.29, 0.717) is 23.2 Å². The Kier molecular flexibility index (Phi) is 5.94. The Morgan fingerprint density at radius 1 is 1.13 bits per heavy atom. The fourth-order valence-corrected chi connectivity index (χ4v) is 6.77. The maximum absolute atomic E-state index is 12.9. The minimum Gasteiger partial charge on any atom is -0.486 e. The number of aromatic nitrogens is 2. The van der Waals surface area contributed by atoms with Gasteiger partial charge in [-0.1, -0.05) is 29.8 Å². The normalized spacial score (nSPS) is 13.4. The Bertz CT molecular complexity index is 1340. The summed E-state index contributed by atoms with van der Waals surface area (Å²) in [6.45, 7) is 0.345. The van der Waals surface area contributed by atoms with Crippen LogP contribution in [0.1, 0.15) is 28.8 Å². The van der Waals surface area contributed by atoms with Gasteiger partial charge in [-0.3, -0.25) is 4.79 Å². The molecule has 0 unspecified atom stereocenters. The molecule has 5 rings (SSSR count). The van der Waals surface area contributed by atoms with Gasteiger partial charge in [0.25, 0.3) is 5.56 Å². The van der Waals surface area contributed by atoms with Crippen molar-refractivity contribution >= 4 is 65.0 Å². The zero-order chi connectivity index (χ0) is 21.5. The van der Waals surface area contributed by atoms with Crippen molar-refractivity contribution in [3.05, 3.63) is 76.7 Å². The number of thiophene rings is 1. The smallest absolute Gasteiger partial charge is 0.260 e. The number of rotatable bonds is 4. The highest BCUT2D eigenvalue weighted by Gasteiger charge is 2.21. The molecule has 1 aliphatic rings. The van der Waals surface area contributed by atoms with Crippen LogP contribution in [0.15, 0.2) is 50.1 Å². The second-order valence-corrected chi connectivity index (χ2v) is 10.7. The van der Waals surface area contributed by atoms with Crippen LogP contribution in [0, 0.1) is 0 Å². The SMILES string of the molecule is O=c1[nH]c(-c2cc(Br)c(OCc3ccccc3Cl)c(Br)c2)nc2sc3c(c12)CCCC3. The van der Waals surface area contributed by atoms with E-state index in [1.54, 1.807) is 11.3 Å². The first-order chi connectivity index (χ1) is 15.0. The Balaban J connectivity index is 1.49. The lowest BCUT2D eigenvalue weighted by molar-refractivity contribution is 0.302. The van der Waals surface area contributed by atoms with E-state index >= 15 is 0 Å². The molecule has 0 amide bonds. The summed E-state index contributed by atoms with van der Waals surface area (Å²) in [5, 5.41) is 1.43. The molecule has 0 spiro atoms. The van der Waals surface area contributed by atoms with E-state index in [0.717, 1.165) is 49.6 Å². The highest BCUT2D eigenvalue weighted by molar-refractivity contribution is 9.11. The molecule has 1 N–H and O–H groups in total. The van der Waals surface area contributed by atoms with E-state index in [1.165, 1.54) is 16.9 Å². The zero-order valence-corrected chi connectivity index (χ0v) is 21.0. The molecule has 4 nitrogen and oxygen atoms in total. The number of nitrogens with zero attached hydrogens (tertiary/aromatic N) is 1. The van der Waals surface area contributed by atoms with Gasteiger partial charge in [0.2, 0.25) is 0 Å². The van der Waals surface area contributed by atoms with Crippen molar-refractivity contribution < 1.29 is 4.74 Å². The maximum atomic E-state index is 12.9. The fourth-order valence-electron chi connectivity index (χ4n) is 3.90. The number of ether oxygens (including phenoxy) is 1. The van der Waals surface area contributed by atoms with Gasteiger partial charge in [0, 0.05) is 21.0 Å². The lowest BCUT2D eigenvalue weighted by Crippen LogP contribution is -2.11. The monoisotopic (exact) mass is 578 g/mol. The van der Waals surface area contributed by atoms with Gasteiger partial charge in [-0.05, 0) is 81.3 Å². The summed E-state index contributed by atoms with van der Waals surface area (Å²) >= 11 is 15.1. The van der Waals surface area contributed by atoms with E-state index < -0.39 is 0 Å². The zero-order valence-electron chi connectivity index (χ0n) is 16.3. The van der Waals surface area contributed by atoms with Gasteiger partial charge in [0.15, 0.2) is 0 Å². The van der Waals surface area contributed by atoms with E-state index in [2.05, 4.69) is 36.8 Å².